The number of amides is 1. The van der Waals surface area contributed by atoms with Gasteiger partial charge in [0, 0.05) is 22.2 Å². The minimum absolute atomic E-state index is 0.0305. The lowest BCUT2D eigenvalue weighted by Crippen LogP contribution is -2.34. The van der Waals surface area contributed by atoms with Crippen LogP contribution in [-0.4, -0.2) is 26.6 Å². The molecule has 2 aromatic carbocycles. The minimum atomic E-state index is 0.0305. The summed E-state index contributed by atoms with van der Waals surface area (Å²) in [4.78, 5) is 15.1. The molecule has 0 atom stereocenters. The third kappa shape index (κ3) is 2.83. The van der Waals surface area contributed by atoms with Gasteiger partial charge in [0.25, 0.3) is 5.91 Å². The first kappa shape index (κ1) is 17.8. The predicted molar refractivity (Wildman–Crippen MR) is 111 cm³/mol. The number of rotatable bonds is 3. The van der Waals surface area contributed by atoms with E-state index in [0.29, 0.717) is 28.3 Å². The molecule has 6 heteroatoms. The fourth-order valence-electron chi connectivity index (χ4n) is 4.36. The van der Waals surface area contributed by atoms with Gasteiger partial charge in [-0.25, -0.2) is 4.68 Å². The van der Waals surface area contributed by atoms with Crippen LogP contribution in [0.3, 0.4) is 0 Å². The maximum Gasteiger partial charge on any atom is 0.275 e. The zero-order chi connectivity index (χ0) is 19.3. The van der Waals surface area contributed by atoms with Crippen molar-refractivity contribution in [2.45, 2.75) is 38.3 Å². The molecular weight excluding hydrogens is 393 g/mol. The second-order valence-corrected chi connectivity index (χ2v) is 8.26. The van der Waals surface area contributed by atoms with Gasteiger partial charge in [-0.1, -0.05) is 60.3 Å². The largest absolute Gasteiger partial charge is 0.330 e. The van der Waals surface area contributed by atoms with Crippen molar-refractivity contribution in [1.82, 2.24) is 14.7 Å². The van der Waals surface area contributed by atoms with Gasteiger partial charge in [0.05, 0.1) is 22.9 Å². The average Bonchev–Trinajstić information content (AvgIpc) is 3.40. The van der Waals surface area contributed by atoms with Gasteiger partial charge in [-0.15, -0.1) is 0 Å². The monoisotopic (exact) mass is 411 g/mol. The van der Waals surface area contributed by atoms with Crippen LogP contribution < -0.4 is 0 Å². The number of aromatic nitrogens is 2. The van der Waals surface area contributed by atoms with Gasteiger partial charge in [0.15, 0.2) is 5.69 Å². The van der Waals surface area contributed by atoms with Crippen LogP contribution in [0.25, 0.3) is 16.9 Å². The Morgan fingerprint density at radius 3 is 2.39 bits per heavy atom. The summed E-state index contributed by atoms with van der Waals surface area (Å²) in [7, 11) is 0. The van der Waals surface area contributed by atoms with Gasteiger partial charge in [-0.3, -0.25) is 4.79 Å². The Bertz CT molecular complexity index is 1050. The van der Waals surface area contributed by atoms with Crippen LogP contribution in [0.5, 0.6) is 0 Å². The van der Waals surface area contributed by atoms with Gasteiger partial charge in [-0.05, 0) is 37.1 Å². The molecule has 3 aromatic rings. The molecule has 1 aliphatic heterocycles. The van der Waals surface area contributed by atoms with E-state index in [2.05, 4.69) is 0 Å². The second kappa shape index (κ2) is 6.94. The molecule has 0 N–H and O–H groups in total. The molecule has 1 fully saturated rings. The minimum Gasteiger partial charge on any atom is -0.330 e. The van der Waals surface area contributed by atoms with E-state index in [0.717, 1.165) is 35.3 Å². The summed E-state index contributed by atoms with van der Waals surface area (Å²) >= 11 is 12.6. The first-order chi connectivity index (χ1) is 13.6. The molecule has 0 spiro atoms. The average molecular weight is 412 g/mol. The highest BCUT2D eigenvalue weighted by Gasteiger charge is 2.39. The lowest BCUT2D eigenvalue weighted by Gasteiger charge is -2.24. The maximum atomic E-state index is 13.1. The third-order valence-electron chi connectivity index (χ3n) is 5.74. The van der Waals surface area contributed by atoms with Crippen molar-refractivity contribution >= 4 is 29.1 Å². The first-order valence-corrected chi connectivity index (χ1v) is 10.3. The number of para-hydroxylation sites is 1. The van der Waals surface area contributed by atoms with Crippen molar-refractivity contribution in [3.05, 3.63) is 69.8 Å². The van der Waals surface area contributed by atoms with Crippen LogP contribution in [-0.2, 0) is 6.54 Å². The first-order valence-electron chi connectivity index (χ1n) is 9.57. The van der Waals surface area contributed by atoms with Crippen molar-refractivity contribution < 1.29 is 4.79 Å². The molecule has 28 heavy (non-hydrogen) atoms. The van der Waals surface area contributed by atoms with Crippen LogP contribution in [0.1, 0.15) is 41.7 Å². The van der Waals surface area contributed by atoms with E-state index >= 15 is 0 Å². The number of carbonyl (C=O) groups excluding carboxylic acids is 1. The Balaban J connectivity index is 1.67. The van der Waals surface area contributed by atoms with E-state index < -0.39 is 0 Å². The van der Waals surface area contributed by atoms with Gasteiger partial charge < -0.3 is 4.90 Å². The van der Waals surface area contributed by atoms with E-state index in [4.69, 9.17) is 28.3 Å². The summed E-state index contributed by atoms with van der Waals surface area (Å²) in [5, 5.41) is 6.00. The van der Waals surface area contributed by atoms with E-state index in [-0.39, 0.29) is 5.91 Å². The molecule has 1 saturated carbocycles. The molecule has 1 amide bonds. The normalized spacial score (nSPS) is 16.8. The summed E-state index contributed by atoms with van der Waals surface area (Å²) in [6.07, 6.45) is 4.54. The summed E-state index contributed by atoms with van der Waals surface area (Å²) in [6.45, 7) is 0.598. The number of carbonyl (C=O) groups is 1. The standard InChI is InChI=1S/C22H19Cl2N3O/c23-15-11-9-14(10-12-15)21-17-13-26(16-5-1-2-6-16)22(28)20(17)25-27(21)19-8-4-3-7-18(19)24/h3-4,7-12,16H,1-2,5-6,13H2. The van der Waals surface area contributed by atoms with Crippen LogP contribution in [0, 0.1) is 0 Å². The van der Waals surface area contributed by atoms with E-state index in [1.165, 1.54) is 12.8 Å². The van der Waals surface area contributed by atoms with Crippen LogP contribution in [0.2, 0.25) is 10.0 Å². The highest BCUT2D eigenvalue weighted by Crippen LogP contribution is 2.39. The van der Waals surface area contributed by atoms with Crippen LogP contribution in [0.15, 0.2) is 48.5 Å². The zero-order valence-corrected chi connectivity index (χ0v) is 16.7. The molecule has 2 heterocycles. The highest BCUT2D eigenvalue weighted by atomic mass is 35.5. The van der Waals surface area contributed by atoms with Gasteiger partial charge in [0.2, 0.25) is 0 Å². The topological polar surface area (TPSA) is 38.1 Å². The number of hydrogen-bond donors (Lipinski definition) is 0. The molecule has 0 unspecified atom stereocenters. The molecule has 0 saturated heterocycles. The number of fused-ring (bicyclic) bond motifs is 1. The van der Waals surface area contributed by atoms with E-state index in [1.807, 2.05) is 53.4 Å². The summed E-state index contributed by atoms with van der Waals surface area (Å²) in [5.74, 6) is 0.0305. The van der Waals surface area contributed by atoms with Crippen LogP contribution in [0.4, 0.5) is 0 Å². The number of nitrogens with zero attached hydrogens (tertiary/aromatic N) is 3. The Kier molecular flexibility index (Phi) is 4.41. The molecule has 5 rings (SSSR count). The highest BCUT2D eigenvalue weighted by molar-refractivity contribution is 6.32. The Morgan fingerprint density at radius 2 is 1.68 bits per heavy atom. The summed E-state index contributed by atoms with van der Waals surface area (Å²) in [6, 6.07) is 15.5. The smallest absolute Gasteiger partial charge is 0.275 e. The van der Waals surface area contributed by atoms with Gasteiger partial charge in [0.1, 0.15) is 0 Å². The van der Waals surface area contributed by atoms with Crippen molar-refractivity contribution in [3.8, 4) is 16.9 Å². The lowest BCUT2D eigenvalue weighted by atomic mass is 10.1. The van der Waals surface area contributed by atoms with Crippen molar-refractivity contribution in [2.24, 2.45) is 0 Å². The summed E-state index contributed by atoms with van der Waals surface area (Å²) in [5.41, 5.74) is 4.16. The Labute approximate surface area is 173 Å². The molecule has 142 valence electrons. The molecule has 1 aromatic heterocycles. The van der Waals surface area contributed by atoms with E-state index in [1.54, 1.807) is 4.68 Å². The van der Waals surface area contributed by atoms with Crippen molar-refractivity contribution in [3.63, 3.8) is 0 Å². The molecule has 1 aliphatic carbocycles. The Morgan fingerprint density at radius 1 is 0.964 bits per heavy atom. The zero-order valence-electron chi connectivity index (χ0n) is 15.2. The lowest BCUT2D eigenvalue weighted by molar-refractivity contribution is 0.0700. The fraction of sp³-hybridized carbons (Fsp3) is 0.273. The van der Waals surface area contributed by atoms with Crippen LogP contribution >= 0.6 is 23.2 Å². The van der Waals surface area contributed by atoms with E-state index in [9.17, 15) is 4.79 Å². The second-order valence-electron chi connectivity index (χ2n) is 7.42. The Hall–Kier alpha value is -2.30. The van der Waals surface area contributed by atoms with Gasteiger partial charge in [-0.2, -0.15) is 5.10 Å². The quantitative estimate of drug-likeness (QED) is 0.550. The molecule has 4 nitrogen and oxygen atoms in total. The molecule has 2 aliphatic rings. The fourth-order valence-corrected chi connectivity index (χ4v) is 4.70. The number of benzene rings is 2. The van der Waals surface area contributed by atoms with Crippen molar-refractivity contribution in [2.75, 3.05) is 0 Å². The number of hydrogen-bond acceptors (Lipinski definition) is 2. The van der Waals surface area contributed by atoms with Crippen molar-refractivity contribution in [1.29, 1.82) is 0 Å². The predicted octanol–water partition coefficient (Wildman–Crippen LogP) is 5.74. The maximum absolute atomic E-state index is 13.1. The molecule has 0 bridgehead atoms. The third-order valence-corrected chi connectivity index (χ3v) is 6.31. The number of halogens is 2. The summed E-state index contributed by atoms with van der Waals surface area (Å²) < 4.78 is 1.81. The molecule has 0 radical (unpaired) electrons. The SMILES string of the molecule is O=C1c2nn(-c3ccccc3Cl)c(-c3ccc(Cl)cc3)c2CN1C1CCCC1. The van der Waals surface area contributed by atoms with Gasteiger partial charge >= 0.3 is 0 Å². The molecular formula is C22H19Cl2N3O.